The van der Waals surface area contributed by atoms with Gasteiger partial charge in [0.05, 0.1) is 19.0 Å². The van der Waals surface area contributed by atoms with Gasteiger partial charge in [0.2, 0.25) is 5.95 Å². The van der Waals surface area contributed by atoms with Crippen molar-refractivity contribution in [1.29, 1.82) is 0 Å². The van der Waals surface area contributed by atoms with Gasteiger partial charge in [0.25, 0.3) is 0 Å². The van der Waals surface area contributed by atoms with E-state index in [2.05, 4.69) is 37.3 Å². The zero-order chi connectivity index (χ0) is 21.0. The number of hydrogen-bond acceptors (Lipinski definition) is 7. The Labute approximate surface area is 182 Å². The average molecular weight is 417 g/mol. The predicted octanol–water partition coefficient (Wildman–Crippen LogP) is 3.89. The lowest BCUT2D eigenvalue weighted by atomic mass is 9.93. The van der Waals surface area contributed by atoms with Gasteiger partial charge in [0.15, 0.2) is 5.82 Å². The SMILES string of the molecule is COc1cc2c(cc1CN1CCC(c3cncc(Nc4ncccn4)n3)CC1)CCC2. The van der Waals surface area contributed by atoms with Gasteiger partial charge >= 0.3 is 0 Å². The molecule has 0 radical (unpaired) electrons. The number of benzene rings is 1. The lowest BCUT2D eigenvalue weighted by Crippen LogP contribution is -2.33. The first-order valence-electron chi connectivity index (χ1n) is 11.1. The lowest BCUT2D eigenvalue weighted by molar-refractivity contribution is 0.201. The minimum absolute atomic E-state index is 0.420. The van der Waals surface area contributed by atoms with Crippen molar-refractivity contribution >= 4 is 11.8 Å². The Bertz CT molecular complexity index is 1030. The van der Waals surface area contributed by atoms with Crippen LogP contribution in [-0.4, -0.2) is 45.0 Å². The zero-order valence-electron chi connectivity index (χ0n) is 17.9. The normalized spacial score (nSPS) is 16.8. The third-order valence-electron chi connectivity index (χ3n) is 6.35. The topological polar surface area (TPSA) is 76.1 Å². The van der Waals surface area contributed by atoms with Gasteiger partial charge in [0, 0.05) is 36.6 Å². The number of anilines is 2. The molecule has 0 saturated carbocycles. The summed E-state index contributed by atoms with van der Waals surface area (Å²) in [4.78, 5) is 20.1. The summed E-state index contributed by atoms with van der Waals surface area (Å²) in [6.45, 7) is 3.04. The number of aromatic nitrogens is 4. The Kier molecular flexibility index (Phi) is 5.76. The van der Waals surface area contributed by atoms with Crippen LogP contribution < -0.4 is 10.1 Å². The third kappa shape index (κ3) is 4.51. The van der Waals surface area contributed by atoms with E-state index in [1.807, 2.05) is 6.20 Å². The number of likely N-dealkylation sites (tertiary alicyclic amines) is 1. The minimum Gasteiger partial charge on any atom is -0.496 e. The summed E-state index contributed by atoms with van der Waals surface area (Å²) in [6.07, 6.45) is 12.8. The number of piperidine rings is 1. The molecule has 0 amide bonds. The van der Waals surface area contributed by atoms with Crippen LogP contribution in [0.4, 0.5) is 11.8 Å². The van der Waals surface area contributed by atoms with Crippen LogP contribution in [0.2, 0.25) is 0 Å². The quantitative estimate of drug-likeness (QED) is 0.653. The molecule has 3 heterocycles. The van der Waals surface area contributed by atoms with Crippen molar-refractivity contribution in [2.24, 2.45) is 0 Å². The maximum atomic E-state index is 5.70. The molecule has 5 rings (SSSR count). The second kappa shape index (κ2) is 8.98. The summed E-state index contributed by atoms with van der Waals surface area (Å²) in [5.41, 5.74) is 5.33. The van der Waals surface area contributed by atoms with Crippen LogP contribution in [-0.2, 0) is 19.4 Å². The molecule has 1 N–H and O–H groups in total. The molecule has 1 saturated heterocycles. The molecule has 160 valence electrons. The molecule has 31 heavy (non-hydrogen) atoms. The molecule has 2 aromatic heterocycles. The van der Waals surface area contributed by atoms with Crippen molar-refractivity contribution < 1.29 is 4.74 Å². The van der Waals surface area contributed by atoms with Crippen LogP contribution >= 0.6 is 0 Å². The highest BCUT2D eigenvalue weighted by atomic mass is 16.5. The fraction of sp³-hybridized carbons (Fsp3) is 0.417. The van der Waals surface area contributed by atoms with E-state index < -0.39 is 0 Å². The predicted molar refractivity (Wildman–Crippen MR) is 120 cm³/mol. The van der Waals surface area contributed by atoms with Crippen LogP contribution in [0.3, 0.4) is 0 Å². The van der Waals surface area contributed by atoms with Crippen LogP contribution in [0.25, 0.3) is 0 Å². The second-order valence-electron chi connectivity index (χ2n) is 8.36. The molecule has 1 aliphatic carbocycles. The highest BCUT2D eigenvalue weighted by Gasteiger charge is 2.24. The molecular formula is C24H28N6O. The molecule has 1 fully saturated rings. The molecule has 0 spiro atoms. The van der Waals surface area contributed by atoms with E-state index >= 15 is 0 Å². The number of methoxy groups -OCH3 is 1. The zero-order valence-corrected chi connectivity index (χ0v) is 17.9. The second-order valence-corrected chi connectivity index (χ2v) is 8.36. The van der Waals surface area contributed by atoms with Gasteiger partial charge in [-0.3, -0.25) is 9.88 Å². The molecule has 2 aliphatic rings. The number of fused-ring (bicyclic) bond motifs is 1. The summed E-state index contributed by atoms with van der Waals surface area (Å²) < 4.78 is 5.70. The standard InChI is InChI=1S/C24H28N6O/c1-31-22-13-19-5-2-4-18(19)12-20(22)16-30-10-6-17(7-11-30)21-14-25-15-23(28-21)29-24-26-8-3-9-27-24/h3,8-9,12-15,17H,2,4-7,10-11,16H2,1H3,(H,26,27,28,29). The Balaban J connectivity index is 1.22. The molecule has 1 aromatic carbocycles. The first-order valence-corrected chi connectivity index (χ1v) is 11.1. The summed E-state index contributed by atoms with van der Waals surface area (Å²) in [5.74, 6) is 2.68. The van der Waals surface area contributed by atoms with Crippen molar-refractivity contribution in [1.82, 2.24) is 24.8 Å². The Morgan fingerprint density at radius 2 is 1.84 bits per heavy atom. The van der Waals surface area contributed by atoms with E-state index in [1.165, 1.54) is 36.0 Å². The smallest absolute Gasteiger partial charge is 0.228 e. The van der Waals surface area contributed by atoms with Crippen molar-refractivity contribution in [2.45, 2.75) is 44.6 Å². The Morgan fingerprint density at radius 1 is 1.06 bits per heavy atom. The minimum atomic E-state index is 0.420. The first kappa shape index (κ1) is 19.9. The monoisotopic (exact) mass is 416 g/mol. The van der Waals surface area contributed by atoms with E-state index in [9.17, 15) is 0 Å². The Morgan fingerprint density at radius 3 is 2.61 bits per heavy atom. The van der Waals surface area contributed by atoms with Crippen LogP contribution in [0.1, 0.15) is 47.6 Å². The summed E-state index contributed by atoms with van der Waals surface area (Å²) >= 11 is 0. The molecule has 3 aromatic rings. The van der Waals surface area contributed by atoms with Crippen LogP contribution in [0.5, 0.6) is 5.75 Å². The highest BCUT2D eigenvalue weighted by molar-refractivity contribution is 5.46. The Hall–Kier alpha value is -3.06. The van der Waals surface area contributed by atoms with Gasteiger partial charge in [-0.05, 0) is 68.5 Å². The van der Waals surface area contributed by atoms with Gasteiger partial charge in [-0.25, -0.2) is 15.0 Å². The fourth-order valence-electron chi connectivity index (χ4n) is 4.71. The van der Waals surface area contributed by atoms with Crippen LogP contribution in [0.15, 0.2) is 43.0 Å². The first-order chi connectivity index (χ1) is 15.3. The van der Waals surface area contributed by atoms with Crippen molar-refractivity contribution in [3.8, 4) is 5.75 Å². The number of rotatable bonds is 6. The molecule has 7 heteroatoms. The maximum Gasteiger partial charge on any atom is 0.228 e. The van der Waals surface area contributed by atoms with Gasteiger partial charge in [-0.1, -0.05) is 6.07 Å². The van der Waals surface area contributed by atoms with E-state index in [-0.39, 0.29) is 0 Å². The summed E-state index contributed by atoms with van der Waals surface area (Å²) in [6, 6.07) is 6.42. The third-order valence-corrected chi connectivity index (χ3v) is 6.35. The van der Waals surface area contributed by atoms with Crippen LogP contribution in [0, 0.1) is 0 Å². The molecule has 1 aliphatic heterocycles. The molecular weight excluding hydrogens is 388 g/mol. The molecule has 7 nitrogen and oxygen atoms in total. The number of aryl methyl sites for hydroxylation is 2. The summed E-state index contributed by atoms with van der Waals surface area (Å²) in [5, 5.41) is 3.14. The van der Waals surface area contributed by atoms with Crippen molar-refractivity contribution in [2.75, 3.05) is 25.5 Å². The van der Waals surface area contributed by atoms with E-state index in [0.717, 1.165) is 43.9 Å². The summed E-state index contributed by atoms with van der Waals surface area (Å²) in [7, 11) is 1.78. The van der Waals surface area contributed by atoms with Gasteiger partial charge in [-0.2, -0.15) is 0 Å². The average Bonchev–Trinajstić information content (AvgIpc) is 3.27. The van der Waals surface area contributed by atoms with Crippen molar-refractivity contribution in [3.63, 3.8) is 0 Å². The number of nitrogens with zero attached hydrogens (tertiary/aromatic N) is 5. The maximum absolute atomic E-state index is 5.70. The van der Waals surface area contributed by atoms with Gasteiger partial charge in [-0.15, -0.1) is 0 Å². The van der Waals surface area contributed by atoms with E-state index in [0.29, 0.717) is 17.7 Å². The van der Waals surface area contributed by atoms with Gasteiger partial charge < -0.3 is 10.1 Å². The largest absolute Gasteiger partial charge is 0.496 e. The number of ether oxygens (including phenoxy) is 1. The molecule has 0 atom stereocenters. The van der Waals surface area contributed by atoms with Crippen molar-refractivity contribution in [3.05, 3.63) is 65.4 Å². The fourth-order valence-corrected chi connectivity index (χ4v) is 4.71. The van der Waals surface area contributed by atoms with E-state index in [4.69, 9.17) is 9.72 Å². The number of nitrogens with one attached hydrogen (secondary N) is 1. The molecule has 0 unspecified atom stereocenters. The lowest BCUT2D eigenvalue weighted by Gasteiger charge is -2.32. The highest BCUT2D eigenvalue weighted by Crippen LogP contribution is 2.33. The molecule has 0 bridgehead atoms. The van der Waals surface area contributed by atoms with Gasteiger partial charge in [0.1, 0.15) is 5.75 Å². The number of hydrogen-bond donors (Lipinski definition) is 1. The van der Waals surface area contributed by atoms with E-state index in [1.54, 1.807) is 31.8 Å².